The second-order valence-corrected chi connectivity index (χ2v) is 7.59. The van der Waals surface area contributed by atoms with Crippen molar-refractivity contribution in [3.63, 3.8) is 0 Å². The molecular formula is C16H12O2S4. The fraction of sp³-hybridized carbons (Fsp3) is 0. The van der Waals surface area contributed by atoms with Gasteiger partial charge in [-0.05, 0) is 23.5 Å². The van der Waals surface area contributed by atoms with Crippen molar-refractivity contribution in [1.29, 1.82) is 0 Å². The molecule has 0 N–H and O–H groups in total. The molecule has 2 nitrogen and oxygen atoms in total. The maximum absolute atomic E-state index is 12.1. The number of thioether (sulfide) groups is 2. The number of hydrogen-bond donors (Lipinski definition) is 2. The Bertz CT molecular complexity index is 635. The van der Waals surface area contributed by atoms with Gasteiger partial charge in [0.15, 0.2) is 0 Å². The number of thiol groups is 2. The molecule has 2 rings (SSSR count). The molecule has 0 spiro atoms. The third-order valence-electron chi connectivity index (χ3n) is 2.58. The summed E-state index contributed by atoms with van der Waals surface area (Å²) >= 11 is 10.5. The van der Waals surface area contributed by atoms with Crippen molar-refractivity contribution in [2.45, 2.75) is 0 Å². The number of carbonyl (C=O) groups excluding carboxylic acids is 2. The van der Waals surface area contributed by atoms with Crippen molar-refractivity contribution in [2.24, 2.45) is 0 Å². The Labute approximate surface area is 148 Å². The lowest BCUT2D eigenvalue weighted by molar-refractivity contribution is 0.108. The van der Waals surface area contributed by atoms with E-state index in [1.54, 1.807) is 48.5 Å². The second kappa shape index (κ2) is 8.53. The van der Waals surface area contributed by atoms with E-state index >= 15 is 0 Å². The van der Waals surface area contributed by atoms with Crippen LogP contribution in [0.5, 0.6) is 0 Å². The Balaban J connectivity index is 2.03. The van der Waals surface area contributed by atoms with Gasteiger partial charge in [-0.1, -0.05) is 60.7 Å². The summed E-state index contributed by atoms with van der Waals surface area (Å²) in [5.41, 5.74) is 1.17. The molecule has 2 aromatic carbocycles. The lowest BCUT2D eigenvalue weighted by atomic mass is 10.2. The summed E-state index contributed by atoms with van der Waals surface area (Å²) in [4.78, 5) is 24.1. The first-order chi connectivity index (χ1) is 10.6. The van der Waals surface area contributed by atoms with E-state index in [1.165, 1.54) is 0 Å². The summed E-state index contributed by atoms with van der Waals surface area (Å²) in [5.74, 6) is 0. The molecule has 112 valence electrons. The monoisotopic (exact) mass is 364 g/mol. The molecule has 0 bridgehead atoms. The van der Waals surface area contributed by atoms with E-state index < -0.39 is 0 Å². The molecule has 0 aliphatic carbocycles. The fourth-order valence-corrected chi connectivity index (χ4v) is 3.58. The molecule has 6 heteroatoms. The van der Waals surface area contributed by atoms with Crippen LogP contribution in [-0.2, 0) is 0 Å². The molecule has 0 saturated heterocycles. The van der Waals surface area contributed by atoms with Gasteiger partial charge in [0, 0.05) is 11.1 Å². The summed E-state index contributed by atoms with van der Waals surface area (Å²) in [6.07, 6.45) is 0. The van der Waals surface area contributed by atoms with Gasteiger partial charge in [-0.3, -0.25) is 9.59 Å². The molecular weight excluding hydrogens is 352 g/mol. The standard InChI is InChI=1S/C16H12O2S4/c17-13(11-7-3-1-4-8-11)21-15(19)16(20)22-14(18)12-9-5-2-6-10-12/h1-10,19-20H/b16-15-. The van der Waals surface area contributed by atoms with Gasteiger partial charge >= 0.3 is 0 Å². The molecule has 0 radical (unpaired) electrons. The van der Waals surface area contributed by atoms with E-state index in [2.05, 4.69) is 25.3 Å². The Morgan fingerprint density at radius 1 is 0.636 bits per heavy atom. The Hall–Kier alpha value is -1.08. The van der Waals surface area contributed by atoms with Crippen molar-refractivity contribution in [3.8, 4) is 0 Å². The normalized spacial score (nSPS) is 11.7. The van der Waals surface area contributed by atoms with Crippen LogP contribution in [0.2, 0.25) is 0 Å². The highest BCUT2D eigenvalue weighted by atomic mass is 32.2. The lowest BCUT2D eigenvalue weighted by Crippen LogP contribution is -1.94. The van der Waals surface area contributed by atoms with Crippen molar-refractivity contribution < 1.29 is 9.59 Å². The van der Waals surface area contributed by atoms with Crippen LogP contribution in [0.1, 0.15) is 20.7 Å². The minimum absolute atomic E-state index is 0.134. The summed E-state index contributed by atoms with van der Waals surface area (Å²) in [6.45, 7) is 0. The van der Waals surface area contributed by atoms with Gasteiger partial charge < -0.3 is 0 Å². The zero-order valence-electron chi connectivity index (χ0n) is 11.3. The van der Waals surface area contributed by atoms with Gasteiger partial charge in [0.25, 0.3) is 0 Å². The van der Waals surface area contributed by atoms with Gasteiger partial charge in [0.2, 0.25) is 10.2 Å². The Morgan fingerprint density at radius 2 is 0.955 bits per heavy atom. The molecule has 0 heterocycles. The van der Waals surface area contributed by atoms with Crippen LogP contribution >= 0.6 is 48.8 Å². The van der Waals surface area contributed by atoms with Crippen LogP contribution in [0.15, 0.2) is 69.1 Å². The van der Waals surface area contributed by atoms with Gasteiger partial charge in [-0.15, -0.1) is 25.3 Å². The molecule has 0 atom stereocenters. The first kappa shape index (κ1) is 17.3. The zero-order valence-corrected chi connectivity index (χ0v) is 14.7. The van der Waals surface area contributed by atoms with Crippen LogP contribution in [0.25, 0.3) is 0 Å². The van der Waals surface area contributed by atoms with Gasteiger partial charge in [-0.2, -0.15) is 0 Å². The van der Waals surface area contributed by atoms with Crippen molar-refractivity contribution in [2.75, 3.05) is 0 Å². The maximum atomic E-state index is 12.1. The quantitative estimate of drug-likeness (QED) is 0.738. The topological polar surface area (TPSA) is 34.1 Å². The van der Waals surface area contributed by atoms with Crippen LogP contribution < -0.4 is 0 Å². The van der Waals surface area contributed by atoms with E-state index in [0.29, 0.717) is 19.6 Å². The SMILES string of the molecule is O=C(S/C(S)=C(/S)SC(=O)c1ccccc1)c1ccccc1. The molecule has 0 fully saturated rings. The Kier molecular flexibility index (Phi) is 6.70. The van der Waals surface area contributed by atoms with E-state index in [4.69, 9.17) is 0 Å². The predicted octanol–water partition coefficient (Wildman–Crippen LogP) is 5.12. The molecule has 0 aliphatic rings. The third-order valence-corrected chi connectivity index (χ3v) is 5.82. The molecule has 0 saturated carbocycles. The fourth-order valence-electron chi connectivity index (χ4n) is 1.53. The van der Waals surface area contributed by atoms with E-state index in [0.717, 1.165) is 23.5 Å². The Morgan fingerprint density at radius 3 is 1.27 bits per heavy atom. The number of benzene rings is 2. The molecule has 2 aromatic rings. The largest absolute Gasteiger partial charge is 0.281 e. The highest BCUT2D eigenvalue weighted by Crippen LogP contribution is 2.36. The minimum atomic E-state index is -0.134. The molecule has 0 aromatic heterocycles. The summed E-state index contributed by atoms with van der Waals surface area (Å²) in [6, 6.07) is 17.8. The minimum Gasteiger partial charge on any atom is -0.281 e. The summed E-state index contributed by atoms with van der Waals surface area (Å²) in [7, 11) is 0. The maximum Gasteiger partial charge on any atom is 0.224 e. The first-order valence-electron chi connectivity index (χ1n) is 6.24. The molecule has 22 heavy (non-hydrogen) atoms. The third kappa shape index (κ3) is 4.98. The van der Waals surface area contributed by atoms with Crippen molar-refractivity contribution >= 4 is 59.0 Å². The van der Waals surface area contributed by atoms with Gasteiger partial charge in [0.1, 0.15) is 0 Å². The van der Waals surface area contributed by atoms with E-state index in [1.807, 2.05) is 12.1 Å². The average Bonchev–Trinajstić information content (AvgIpc) is 2.56. The van der Waals surface area contributed by atoms with E-state index in [9.17, 15) is 9.59 Å². The molecule has 0 aliphatic heterocycles. The van der Waals surface area contributed by atoms with Crippen LogP contribution in [0.4, 0.5) is 0 Å². The lowest BCUT2D eigenvalue weighted by Gasteiger charge is -2.05. The number of carbonyl (C=O) groups is 2. The smallest absolute Gasteiger partial charge is 0.224 e. The van der Waals surface area contributed by atoms with Gasteiger partial charge in [0.05, 0.1) is 8.47 Å². The second-order valence-electron chi connectivity index (χ2n) is 4.12. The van der Waals surface area contributed by atoms with Crippen molar-refractivity contribution in [1.82, 2.24) is 0 Å². The number of hydrogen-bond acceptors (Lipinski definition) is 6. The highest BCUT2D eigenvalue weighted by Gasteiger charge is 2.14. The zero-order chi connectivity index (χ0) is 15.9. The van der Waals surface area contributed by atoms with Gasteiger partial charge in [-0.25, -0.2) is 0 Å². The van der Waals surface area contributed by atoms with E-state index in [-0.39, 0.29) is 10.2 Å². The first-order valence-corrected chi connectivity index (χ1v) is 8.77. The van der Waals surface area contributed by atoms with Crippen LogP contribution in [0.3, 0.4) is 0 Å². The van der Waals surface area contributed by atoms with Crippen molar-refractivity contribution in [3.05, 3.63) is 80.3 Å². The van der Waals surface area contributed by atoms with Crippen LogP contribution in [0, 0.1) is 0 Å². The molecule has 0 amide bonds. The highest BCUT2D eigenvalue weighted by molar-refractivity contribution is 8.30. The van der Waals surface area contributed by atoms with Crippen LogP contribution in [-0.4, -0.2) is 10.2 Å². The summed E-state index contributed by atoms with van der Waals surface area (Å²) < 4.78 is 0.818. The number of rotatable bonds is 4. The molecule has 0 unspecified atom stereocenters. The predicted molar refractivity (Wildman–Crippen MR) is 102 cm³/mol. The average molecular weight is 365 g/mol. The summed E-state index contributed by atoms with van der Waals surface area (Å²) in [5, 5.41) is -0.269.